The van der Waals surface area contributed by atoms with Crippen LogP contribution in [-0.2, 0) is 22.3 Å². The molecule has 5 unspecified atom stereocenters. The van der Waals surface area contributed by atoms with E-state index in [9.17, 15) is 15.3 Å². The Morgan fingerprint density at radius 3 is 2.65 bits per heavy atom. The number of imidazole rings is 1. The van der Waals surface area contributed by atoms with E-state index in [0.29, 0.717) is 61.3 Å². The van der Waals surface area contributed by atoms with E-state index in [2.05, 4.69) is 25.7 Å². The van der Waals surface area contributed by atoms with Crippen molar-refractivity contribution in [3.8, 4) is 0 Å². The maximum atomic E-state index is 11.0. The van der Waals surface area contributed by atoms with E-state index in [4.69, 9.17) is 24.0 Å². The van der Waals surface area contributed by atoms with Crippen LogP contribution in [0, 0.1) is 0 Å². The SMILES string of the molecule is CCc1cc(C2OC(n3cnc4c(NC(CO)Cc5ccccc5)nc(NCCN5CCOCC5)nc43)C(O)C2O)on1. The van der Waals surface area contributed by atoms with Crippen LogP contribution in [0.4, 0.5) is 11.8 Å². The number of morpholine rings is 1. The summed E-state index contributed by atoms with van der Waals surface area (Å²) in [5, 5.41) is 42.8. The number of nitrogens with zero attached hydrogens (tertiary/aromatic N) is 6. The Morgan fingerprint density at radius 1 is 1.09 bits per heavy atom. The number of aliphatic hydroxyl groups excluding tert-OH is 3. The van der Waals surface area contributed by atoms with Crippen LogP contribution in [0.25, 0.3) is 11.2 Å². The van der Waals surface area contributed by atoms with Gasteiger partial charge in [0.25, 0.3) is 0 Å². The molecule has 0 saturated carbocycles. The second-order valence-corrected chi connectivity index (χ2v) is 10.8. The summed E-state index contributed by atoms with van der Waals surface area (Å²) in [6.45, 7) is 6.36. The molecule has 230 valence electrons. The van der Waals surface area contributed by atoms with Gasteiger partial charge in [0.1, 0.15) is 18.3 Å². The molecule has 0 radical (unpaired) electrons. The third-order valence-corrected chi connectivity index (χ3v) is 7.85. The zero-order chi connectivity index (χ0) is 29.8. The number of rotatable bonds is 12. The lowest BCUT2D eigenvalue weighted by Crippen LogP contribution is -2.39. The van der Waals surface area contributed by atoms with Crippen molar-refractivity contribution >= 4 is 22.9 Å². The first-order chi connectivity index (χ1) is 21.0. The predicted octanol–water partition coefficient (Wildman–Crippen LogP) is 1.13. The highest BCUT2D eigenvalue weighted by atomic mass is 16.6. The Labute approximate surface area is 248 Å². The molecule has 2 aliphatic rings. The van der Waals surface area contributed by atoms with Crippen LogP contribution in [0.5, 0.6) is 0 Å². The van der Waals surface area contributed by atoms with Crippen molar-refractivity contribution in [1.82, 2.24) is 29.6 Å². The van der Waals surface area contributed by atoms with E-state index < -0.39 is 24.5 Å². The van der Waals surface area contributed by atoms with Gasteiger partial charge in [-0.15, -0.1) is 0 Å². The lowest BCUT2D eigenvalue weighted by atomic mass is 10.1. The first-order valence-electron chi connectivity index (χ1n) is 14.7. The van der Waals surface area contributed by atoms with Crippen LogP contribution in [0.3, 0.4) is 0 Å². The van der Waals surface area contributed by atoms with Crippen molar-refractivity contribution in [2.75, 3.05) is 56.6 Å². The summed E-state index contributed by atoms with van der Waals surface area (Å²) >= 11 is 0. The highest BCUT2D eigenvalue weighted by Crippen LogP contribution is 2.40. The summed E-state index contributed by atoms with van der Waals surface area (Å²) in [4.78, 5) is 16.3. The minimum absolute atomic E-state index is 0.129. The van der Waals surface area contributed by atoms with Crippen LogP contribution in [-0.4, -0.2) is 109 Å². The van der Waals surface area contributed by atoms with Crippen molar-refractivity contribution in [3.05, 3.63) is 59.7 Å². The van der Waals surface area contributed by atoms with E-state index in [1.165, 1.54) is 6.33 Å². The first-order valence-corrected chi connectivity index (χ1v) is 14.7. The predicted molar refractivity (Wildman–Crippen MR) is 156 cm³/mol. The molecule has 2 saturated heterocycles. The van der Waals surface area contributed by atoms with Crippen LogP contribution in [0.2, 0.25) is 0 Å². The highest BCUT2D eigenvalue weighted by molar-refractivity contribution is 5.84. The fourth-order valence-electron chi connectivity index (χ4n) is 5.44. The van der Waals surface area contributed by atoms with E-state index in [-0.39, 0.29) is 12.6 Å². The Bertz CT molecular complexity index is 1480. The molecule has 5 atom stereocenters. The summed E-state index contributed by atoms with van der Waals surface area (Å²) in [6, 6.07) is 11.3. The van der Waals surface area contributed by atoms with Gasteiger partial charge >= 0.3 is 0 Å². The number of aromatic nitrogens is 5. The summed E-state index contributed by atoms with van der Waals surface area (Å²) in [5.41, 5.74) is 2.62. The molecule has 0 bridgehead atoms. The van der Waals surface area contributed by atoms with Crippen LogP contribution in [0.15, 0.2) is 47.2 Å². The quantitative estimate of drug-likeness (QED) is 0.158. The minimum Gasteiger partial charge on any atom is -0.394 e. The number of nitrogens with one attached hydrogen (secondary N) is 2. The molecule has 4 aromatic rings. The van der Waals surface area contributed by atoms with Crippen molar-refractivity contribution < 1.29 is 29.3 Å². The van der Waals surface area contributed by atoms with E-state index >= 15 is 0 Å². The van der Waals surface area contributed by atoms with Gasteiger partial charge in [-0.25, -0.2) is 4.98 Å². The van der Waals surface area contributed by atoms with E-state index in [1.807, 2.05) is 37.3 Å². The molecule has 5 N–H and O–H groups in total. The largest absolute Gasteiger partial charge is 0.394 e. The fourth-order valence-corrected chi connectivity index (χ4v) is 5.44. The van der Waals surface area contributed by atoms with Gasteiger partial charge in [-0.3, -0.25) is 9.47 Å². The molecule has 2 aliphatic heterocycles. The maximum Gasteiger partial charge on any atom is 0.226 e. The van der Waals surface area contributed by atoms with Crippen molar-refractivity contribution in [1.29, 1.82) is 0 Å². The lowest BCUT2D eigenvalue weighted by Gasteiger charge is -2.26. The number of benzene rings is 1. The number of anilines is 2. The average molecular weight is 595 g/mol. The smallest absolute Gasteiger partial charge is 0.226 e. The van der Waals surface area contributed by atoms with Gasteiger partial charge < -0.3 is 39.9 Å². The Morgan fingerprint density at radius 2 is 1.91 bits per heavy atom. The molecule has 0 spiro atoms. The van der Waals surface area contributed by atoms with Gasteiger partial charge in [0, 0.05) is 32.2 Å². The number of ether oxygens (including phenoxy) is 2. The lowest BCUT2D eigenvalue weighted by molar-refractivity contribution is -0.0434. The third-order valence-electron chi connectivity index (χ3n) is 7.85. The van der Waals surface area contributed by atoms with E-state index in [0.717, 1.165) is 30.9 Å². The summed E-state index contributed by atoms with van der Waals surface area (Å²) < 4.78 is 18.6. The number of fused-ring (bicyclic) bond motifs is 1. The average Bonchev–Trinajstić information content (AvgIpc) is 3.76. The molecule has 5 heterocycles. The molecule has 1 aromatic carbocycles. The monoisotopic (exact) mass is 594 g/mol. The zero-order valence-electron chi connectivity index (χ0n) is 24.0. The topological polar surface area (TPSA) is 176 Å². The number of hydrogen-bond donors (Lipinski definition) is 5. The van der Waals surface area contributed by atoms with Crippen LogP contribution >= 0.6 is 0 Å². The molecule has 6 rings (SSSR count). The molecule has 2 fully saturated rings. The molecular weight excluding hydrogens is 556 g/mol. The molecule has 0 amide bonds. The standard InChI is InChI=1S/C29H38N8O6/c1-2-19-15-21(43-35-19)25-23(39)24(40)28(42-25)37-17-31-22-26(32-20(16-38)14-18-6-4-3-5-7-18)33-29(34-27(22)37)30-8-9-36-10-12-41-13-11-36/h3-7,15,17,20,23-25,28,38-40H,2,8-14,16H2,1H3,(H2,30,32,33,34). The van der Waals surface area contributed by atoms with Gasteiger partial charge in [0.15, 0.2) is 29.0 Å². The maximum absolute atomic E-state index is 11.0. The minimum atomic E-state index is -1.29. The summed E-state index contributed by atoms with van der Waals surface area (Å²) in [6.07, 6.45) is -1.72. The van der Waals surface area contributed by atoms with Crippen LogP contribution in [0.1, 0.15) is 36.3 Å². The molecule has 3 aromatic heterocycles. The molecule has 14 heteroatoms. The summed E-state index contributed by atoms with van der Waals surface area (Å²) in [5.74, 6) is 1.12. The van der Waals surface area contributed by atoms with Gasteiger partial charge in [0.2, 0.25) is 5.95 Å². The van der Waals surface area contributed by atoms with Crippen molar-refractivity contribution in [2.45, 2.75) is 50.3 Å². The van der Waals surface area contributed by atoms with Gasteiger partial charge in [-0.05, 0) is 18.4 Å². The van der Waals surface area contributed by atoms with Crippen LogP contribution < -0.4 is 10.6 Å². The van der Waals surface area contributed by atoms with Gasteiger partial charge in [-0.2, -0.15) is 9.97 Å². The van der Waals surface area contributed by atoms with E-state index in [1.54, 1.807) is 10.6 Å². The number of hydrogen-bond acceptors (Lipinski definition) is 13. The molecule has 0 aliphatic carbocycles. The normalized spacial score (nSPS) is 23.5. The van der Waals surface area contributed by atoms with Gasteiger partial charge in [-0.1, -0.05) is 42.4 Å². The number of aryl methyl sites for hydroxylation is 1. The first kappa shape index (κ1) is 29.4. The molecule has 14 nitrogen and oxygen atoms in total. The third kappa shape index (κ3) is 6.49. The Balaban J connectivity index is 1.29. The second-order valence-electron chi connectivity index (χ2n) is 10.8. The summed E-state index contributed by atoms with van der Waals surface area (Å²) in [7, 11) is 0. The second kappa shape index (κ2) is 13.3. The fraction of sp³-hybridized carbons (Fsp3) is 0.517. The van der Waals surface area contributed by atoms with Gasteiger partial charge in [0.05, 0.1) is 37.9 Å². The highest BCUT2D eigenvalue weighted by Gasteiger charge is 2.47. The number of aliphatic hydroxyl groups is 3. The molecular formula is C29H38N8O6. The van der Waals surface area contributed by atoms with Crippen molar-refractivity contribution in [3.63, 3.8) is 0 Å². The molecule has 43 heavy (non-hydrogen) atoms. The Kier molecular flexibility index (Phi) is 9.11. The van der Waals surface area contributed by atoms with Crippen molar-refractivity contribution in [2.24, 2.45) is 0 Å². The zero-order valence-corrected chi connectivity index (χ0v) is 24.0. The Hall–Kier alpha value is -3.66.